The first-order valence-electron chi connectivity index (χ1n) is 5.59. The Morgan fingerprint density at radius 2 is 2.15 bits per heavy atom. The van der Waals surface area contributed by atoms with Gasteiger partial charge in [-0.2, -0.15) is 0 Å². The molecule has 8 nitrogen and oxygen atoms in total. The Hall–Kier alpha value is -2.55. The second kappa shape index (κ2) is 5.61. The van der Waals surface area contributed by atoms with Crippen LogP contribution in [0.2, 0.25) is 0 Å². The Balaban J connectivity index is 2.26. The van der Waals surface area contributed by atoms with Crippen LogP contribution in [0.5, 0.6) is 0 Å². The third kappa shape index (κ3) is 2.88. The molecule has 9 heteroatoms. The van der Waals surface area contributed by atoms with Gasteiger partial charge in [-0.3, -0.25) is 20.2 Å². The molecule has 0 saturated carbocycles. The van der Waals surface area contributed by atoms with Crippen molar-refractivity contribution in [1.82, 2.24) is 10.2 Å². The fourth-order valence-electron chi connectivity index (χ4n) is 1.55. The lowest BCUT2D eigenvalue weighted by atomic mass is 10.1. The van der Waals surface area contributed by atoms with E-state index >= 15 is 0 Å². The lowest BCUT2D eigenvalue weighted by molar-refractivity contribution is -0.384. The highest BCUT2D eigenvalue weighted by molar-refractivity contribution is 7.15. The van der Waals surface area contributed by atoms with Gasteiger partial charge in [0, 0.05) is 18.7 Å². The molecule has 0 atom stereocenters. The number of benzene rings is 1. The molecule has 0 aliphatic heterocycles. The van der Waals surface area contributed by atoms with Crippen LogP contribution >= 0.6 is 11.3 Å². The maximum atomic E-state index is 12.0. The Morgan fingerprint density at radius 3 is 2.70 bits per heavy atom. The van der Waals surface area contributed by atoms with Crippen LogP contribution in [0.4, 0.5) is 16.5 Å². The van der Waals surface area contributed by atoms with Crippen molar-refractivity contribution >= 4 is 33.8 Å². The van der Waals surface area contributed by atoms with E-state index in [1.165, 1.54) is 29.5 Å². The van der Waals surface area contributed by atoms with Crippen LogP contribution in [-0.4, -0.2) is 28.1 Å². The maximum Gasteiger partial charge on any atom is 0.293 e. The summed E-state index contributed by atoms with van der Waals surface area (Å²) in [6, 6.07) is 4.20. The topological polar surface area (TPSA) is 110 Å². The van der Waals surface area contributed by atoms with Crippen molar-refractivity contribution in [1.29, 1.82) is 0 Å². The summed E-state index contributed by atoms with van der Waals surface area (Å²) >= 11 is 1.23. The Kier molecular flexibility index (Phi) is 3.89. The van der Waals surface area contributed by atoms with Crippen LogP contribution in [0.25, 0.3) is 0 Å². The van der Waals surface area contributed by atoms with Crippen molar-refractivity contribution < 1.29 is 9.72 Å². The molecule has 0 saturated heterocycles. The number of nitro benzene ring substituents is 1. The van der Waals surface area contributed by atoms with Crippen LogP contribution in [-0.2, 0) is 0 Å². The van der Waals surface area contributed by atoms with E-state index in [1.54, 1.807) is 14.0 Å². The molecule has 0 radical (unpaired) electrons. The largest absolute Gasteiger partial charge is 0.383 e. The quantitative estimate of drug-likeness (QED) is 0.659. The molecule has 1 heterocycles. The molecule has 0 bridgehead atoms. The average molecular weight is 293 g/mol. The second-order valence-electron chi connectivity index (χ2n) is 3.82. The summed E-state index contributed by atoms with van der Waals surface area (Å²) in [4.78, 5) is 22.4. The van der Waals surface area contributed by atoms with Crippen molar-refractivity contribution in [2.24, 2.45) is 0 Å². The molecule has 0 unspecified atom stereocenters. The first kappa shape index (κ1) is 13.9. The standard InChI is InChI=1S/C11H11N5O3S/c1-6-14-15-11(20-6)13-10(17)7-3-4-8(12-2)9(5-7)16(18)19/h3-5,12H,1-2H3,(H,13,15,17). The maximum absolute atomic E-state index is 12.0. The van der Waals surface area contributed by atoms with Gasteiger partial charge in [-0.15, -0.1) is 10.2 Å². The van der Waals surface area contributed by atoms with Gasteiger partial charge in [0.15, 0.2) is 0 Å². The Bertz CT molecular complexity index is 670. The number of nitro groups is 1. The fourth-order valence-corrected chi connectivity index (χ4v) is 2.14. The number of rotatable bonds is 4. The number of anilines is 2. The van der Waals surface area contributed by atoms with Gasteiger partial charge in [0.05, 0.1) is 4.92 Å². The van der Waals surface area contributed by atoms with E-state index < -0.39 is 10.8 Å². The van der Waals surface area contributed by atoms with Crippen molar-refractivity contribution in [2.45, 2.75) is 6.92 Å². The molecule has 2 rings (SSSR count). The van der Waals surface area contributed by atoms with E-state index in [0.717, 1.165) is 5.01 Å². The van der Waals surface area contributed by atoms with Crippen LogP contribution in [0.15, 0.2) is 18.2 Å². The first-order chi connectivity index (χ1) is 9.51. The summed E-state index contributed by atoms with van der Waals surface area (Å²) in [5.74, 6) is -0.466. The minimum atomic E-state index is -0.544. The van der Waals surface area contributed by atoms with E-state index in [4.69, 9.17) is 0 Å². The van der Waals surface area contributed by atoms with E-state index in [9.17, 15) is 14.9 Å². The normalized spacial score (nSPS) is 10.1. The van der Waals surface area contributed by atoms with Crippen LogP contribution in [0, 0.1) is 17.0 Å². The van der Waals surface area contributed by atoms with Crippen molar-refractivity contribution in [3.05, 3.63) is 38.9 Å². The zero-order chi connectivity index (χ0) is 14.7. The summed E-state index contributed by atoms with van der Waals surface area (Å²) in [7, 11) is 1.58. The Morgan fingerprint density at radius 1 is 1.40 bits per heavy atom. The zero-order valence-corrected chi connectivity index (χ0v) is 11.5. The molecule has 2 aromatic rings. The van der Waals surface area contributed by atoms with Crippen molar-refractivity contribution in [3.63, 3.8) is 0 Å². The molecular formula is C11H11N5O3S. The van der Waals surface area contributed by atoms with Crippen LogP contribution < -0.4 is 10.6 Å². The molecule has 104 valence electrons. The minimum absolute atomic E-state index is 0.159. The molecule has 1 aromatic heterocycles. The lowest BCUT2D eigenvalue weighted by Gasteiger charge is -2.05. The molecule has 20 heavy (non-hydrogen) atoms. The number of carbonyl (C=O) groups is 1. The summed E-state index contributed by atoms with van der Waals surface area (Å²) in [6.45, 7) is 1.76. The molecule has 0 fully saturated rings. The number of nitrogens with one attached hydrogen (secondary N) is 2. The molecule has 0 aliphatic rings. The molecular weight excluding hydrogens is 282 g/mol. The van der Waals surface area contributed by atoms with E-state index in [-0.39, 0.29) is 11.3 Å². The second-order valence-corrected chi connectivity index (χ2v) is 5.00. The zero-order valence-electron chi connectivity index (χ0n) is 10.7. The third-order valence-electron chi connectivity index (χ3n) is 2.47. The number of amides is 1. The number of hydrogen-bond acceptors (Lipinski definition) is 7. The smallest absolute Gasteiger partial charge is 0.293 e. The van der Waals surface area contributed by atoms with Crippen LogP contribution in [0.1, 0.15) is 15.4 Å². The number of nitrogens with zero attached hydrogens (tertiary/aromatic N) is 3. The van der Waals surface area contributed by atoms with Crippen molar-refractivity contribution in [3.8, 4) is 0 Å². The first-order valence-corrected chi connectivity index (χ1v) is 6.40. The van der Waals surface area contributed by atoms with Gasteiger partial charge in [0.25, 0.3) is 11.6 Å². The molecule has 2 N–H and O–H groups in total. The van der Waals surface area contributed by atoms with Gasteiger partial charge in [-0.05, 0) is 19.1 Å². The number of aromatic nitrogens is 2. The average Bonchev–Trinajstić information content (AvgIpc) is 2.83. The fraction of sp³-hybridized carbons (Fsp3) is 0.182. The minimum Gasteiger partial charge on any atom is -0.383 e. The van der Waals surface area contributed by atoms with Crippen LogP contribution in [0.3, 0.4) is 0 Å². The van der Waals surface area contributed by atoms with E-state index in [1.807, 2.05) is 0 Å². The summed E-state index contributed by atoms with van der Waals surface area (Å²) in [5.41, 5.74) is 0.371. The highest BCUT2D eigenvalue weighted by Gasteiger charge is 2.17. The SMILES string of the molecule is CNc1ccc(C(=O)Nc2nnc(C)s2)cc1[N+](=O)[O-]. The van der Waals surface area contributed by atoms with Gasteiger partial charge in [0.1, 0.15) is 10.7 Å². The van der Waals surface area contributed by atoms with Gasteiger partial charge < -0.3 is 5.32 Å². The molecule has 1 amide bonds. The highest BCUT2D eigenvalue weighted by atomic mass is 32.1. The van der Waals surface area contributed by atoms with Gasteiger partial charge >= 0.3 is 0 Å². The highest BCUT2D eigenvalue weighted by Crippen LogP contribution is 2.25. The number of aryl methyl sites for hydroxylation is 1. The van der Waals surface area contributed by atoms with Gasteiger partial charge in [-0.25, -0.2) is 0 Å². The summed E-state index contributed by atoms with van der Waals surface area (Å²) in [5, 5.41) is 24.8. The van der Waals surface area contributed by atoms with Gasteiger partial charge in [0.2, 0.25) is 5.13 Å². The molecule has 0 aliphatic carbocycles. The number of carbonyl (C=O) groups excluding carboxylic acids is 1. The molecule has 0 spiro atoms. The van der Waals surface area contributed by atoms with E-state index in [0.29, 0.717) is 10.8 Å². The lowest BCUT2D eigenvalue weighted by Crippen LogP contribution is -2.12. The summed E-state index contributed by atoms with van der Waals surface area (Å²) < 4.78 is 0. The Labute approximate surface area is 118 Å². The summed E-state index contributed by atoms with van der Waals surface area (Å²) in [6.07, 6.45) is 0. The predicted octanol–water partition coefficient (Wildman–Crippen LogP) is 2.05. The van der Waals surface area contributed by atoms with E-state index in [2.05, 4.69) is 20.8 Å². The third-order valence-corrected chi connectivity index (χ3v) is 3.23. The van der Waals surface area contributed by atoms with Crippen molar-refractivity contribution in [2.75, 3.05) is 17.7 Å². The number of hydrogen-bond donors (Lipinski definition) is 2. The van der Waals surface area contributed by atoms with Gasteiger partial charge in [-0.1, -0.05) is 11.3 Å². The predicted molar refractivity (Wildman–Crippen MR) is 75.2 cm³/mol. The molecule has 1 aromatic carbocycles. The monoisotopic (exact) mass is 293 g/mol.